The van der Waals surface area contributed by atoms with Crippen molar-refractivity contribution in [1.82, 2.24) is 15.1 Å². The third-order valence-electron chi connectivity index (χ3n) is 8.30. The fraction of sp³-hybridized carbons (Fsp3) is 0.640. The van der Waals surface area contributed by atoms with Gasteiger partial charge in [-0.2, -0.15) is 0 Å². The van der Waals surface area contributed by atoms with Gasteiger partial charge in [0.05, 0.1) is 0 Å². The summed E-state index contributed by atoms with van der Waals surface area (Å²) in [6.07, 6.45) is 6.25. The number of fused-ring (bicyclic) bond motifs is 1. The summed E-state index contributed by atoms with van der Waals surface area (Å²) >= 11 is 0. The lowest BCUT2D eigenvalue weighted by atomic mass is 9.42. The van der Waals surface area contributed by atoms with Crippen LogP contribution in [0.25, 0.3) is 0 Å². The number of hydrogen-bond donors (Lipinski definition) is 1. The van der Waals surface area contributed by atoms with Gasteiger partial charge in [0.15, 0.2) is 0 Å². The van der Waals surface area contributed by atoms with E-state index in [1.165, 1.54) is 12.8 Å². The number of benzene rings is 1. The summed E-state index contributed by atoms with van der Waals surface area (Å²) in [5.41, 5.74) is 0.795. The molecule has 1 unspecified atom stereocenters. The van der Waals surface area contributed by atoms with Crippen molar-refractivity contribution in [2.24, 2.45) is 5.41 Å². The molecule has 3 aliphatic carbocycles. The van der Waals surface area contributed by atoms with Gasteiger partial charge in [0.1, 0.15) is 24.1 Å². The van der Waals surface area contributed by atoms with E-state index >= 15 is 0 Å². The normalized spacial score (nSPS) is 35.5. The third-order valence-corrected chi connectivity index (χ3v) is 8.30. The second-order valence-corrected chi connectivity index (χ2v) is 10.8. The molecule has 2 bridgehead atoms. The topological polar surface area (TPSA) is 79.0 Å². The molecule has 1 aromatic rings. The minimum atomic E-state index is -0.856. The lowest BCUT2D eigenvalue weighted by Gasteiger charge is -2.67. The van der Waals surface area contributed by atoms with Gasteiger partial charge < -0.3 is 9.64 Å². The SMILES string of the molecule is O=C1CCC(N2Cc3cc(OC[C@H]4CCCCN4CC45CC(F)(C4)C5)ccc3C2=O)C(=O)N1. The highest BCUT2D eigenvalue weighted by Gasteiger charge is 2.69. The van der Waals surface area contributed by atoms with Crippen LogP contribution in [0.15, 0.2) is 18.2 Å². The standard InChI is InChI=1S/C25H30FN3O4/c26-25-12-24(13-25,14-25)15-28-8-2-1-3-17(28)11-33-18-4-5-19-16(9-18)10-29(23(19)32)20-6-7-21(30)27-22(20)31/h4-5,9,17,20H,1-3,6-8,10-15H2,(H,27,30,31)/t17-,20?,24?,25?/m1/s1. The van der Waals surface area contributed by atoms with Gasteiger partial charge in [0.25, 0.3) is 5.91 Å². The Kier molecular flexibility index (Phi) is 4.80. The van der Waals surface area contributed by atoms with Crippen molar-refractivity contribution in [3.63, 3.8) is 0 Å². The molecule has 1 N–H and O–H groups in total. The molecule has 1 aromatic carbocycles. The number of piperidine rings is 2. The Bertz CT molecular complexity index is 1010. The fourth-order valence-electron chi connectivity index (χ4n) is 6.75. The molecule has 0 aromatic heterocycles. The lowest BCUT2D eigenvalue weighted by molar-refractivity contribution is -0.225. The van der Waals surface area contributed by atoms with E-state index in [2.05, 4.69) is 10.2 Å². The molecule has 176 valence electrons. The number of hydrogen-bond acceptors (Lipinski definition) is 5. The van der Waals surface area contributed by atoms with E-state index in [4.69, 9.17) is 4.74 Å². The van der Waals surface area contributed by atoms with Crippen LogP contribution < -0.4 is 10.1 Å². The summed E-state index contributed by atoms with van der Waals surface area (Å²) in [6, 6.07) is 5.23. The van der Waals surface area contributed by atoms with Crippen LogP contribution in [0.5, 0.6) is 5.75 Å². The Balaban J connectivity index is 1.09. The summed E-state index contributed by atoms with van der Waals surface area (Å²) in [6.45, 7) is 2.96. The number of nitrogens with one attached hydrogen (secondary N) is 1. The van der Waals surface area contributed by atoms with Crippen LogP contribution in [0.1, 0.15) is 67.3 Å². The number of carbonyl (C=O) groups excluding carboxylic acids is 3. The second-order valence-electron chi connectivity index (χ2n) is 10.8. The Labute approximate surface area is 192 Å². The third kappa shape index (κ3) is 3.63. The Morgan fingerprint density at radius 2 is 1.94 bits per heavy atom. The molecular weight excluding hydrogens is 425 g/mol. The average molecular weight is 456 g/mol. The quantitative estimate of drug-likeness (QED) is 0.667. The van der Waals surface area contributed by atoms with E-state index in [1.807, 2.05) is 12.1 Å². The van der Waals surface area contributed by atoms with E-state index < -0.39 is 17.6 Å². The number of ether oxygens (including phenoxy) is 1. The van der Waals surface area contributed by atoms with Crippen LogP contribution in [0.3, 0.4) is 0 Å². The number of rotatable bonds is 6. The fourth-order valence-corrected chi connectivity index (χ4v) is 6.75. The van der Waals surface area contributed by atoms with Crippen molar-refractivity contribution in [1.29, 1.82) is 0 Å². The average Bonchev–Trinajstić information content (AvgIpc) is 3.07. The number of nitrogens with zero attached hydrogens (tertiary/aromatic N) is 2. The van der Waals surface area contributed by atoms with Gasteiger partial charge in [-0.3, -0.25) is 24.6 Å². The first-order valence-electron chi connectivity index (χ1n) is 12.2. The molecule has 8 heteroatoms. The molecule has 0 spiro atoms. The highest BCUT2D eigenvalue weighted by atomic mass is 19.1. The number of halogens is 1. The van der Waals surface area contributed by atoms with E-state index in [9.17, 15) is 18.8 Å². The first-order valence-corrected chi connectivity index (χ1v) is 12.2. The van der Waals surface area contributed by atoms with Crippen molar-refractivity contribution in [3.8, 4) is 5.75 Å². The first kappa shape index (κ1) is 21.1. The molecule has 7 rings (SSSR count). The number of likely N-dealkylation sites (tertiary alicyclic amines) is 1. The van der Waals surface area contributed by atoms with E-state index in [0.717, 1.165) is 50.1 Å². The van der Waals surface area contributed by atoms with Gasteiger partial charge >= 0.3 is 0 Å². The van der Waals surface area contributed by atoms with E-state index in [-0.39, 0.29) is 23.7 Å². The van der Waals surface area contributed by atoms with Crippen LogP contribution in [-0.4, -0.2) is 65.0 Å². The maximum atomic E-state index is 14.0. The van der Waals surface area contributed by atoms with Gasteiger partial charge in [-0.1, -0.05) is 6.42 Å². The molecule has 3 heterocycles. The number of imide groups is 1. The van der Waals surface area contributed by atoms with Crippen LogP contribution >= 0.6 is 0 Å². The molecule has 7 nitrogen and oxygen atoms in total. The minimum Gasteiger partial charge on any atom is -0.492 e. The molecule has 6 aliphatic rings. The highest BCUT2D eigenvalue weighted by Crippen LogP contribution is 2.69. The molecular formula is C25H30FN3O4. The monoisotopic (exact) mass is 455 g/mol. The second kappa shape index (κ2) is 7.52. The number of alkyl halides is 1. The molecule has 3 amide bonds. The summed E-state index contributed by atoms with van der Waals surface area (Å²) in [4.78, 5) is 40.6. The zero-order valence-electron chi connectivity index (χ0n) is 18.8. The van der Waals surface area contributed by atoms with Gasteiger partial charge in [-0.15, -0.1) is 0 Å². The summed E-state index contributed by atoms with van der Waals surface area (Å²) in [5, 5.41) is 2.33. The largest absolute Gasteiger partial charge is 0.492 e. The molecule has 0 radical (unpaired) electrons. The molecule has 2 atom stereocenters. The maximum Gasteiger partial charge on any atom is 0.255 e. The highest BCUT2D eigenvalue weighted by molar-refractivity contribution is 6.05. The maximum absolute atomic E-state index is 14.0. The number of carbonyl (C=O) groups is 3. The lowest BCUT2D eigenvalue weighted by Crippen LogP contribution is -2.68. The smallest absolute Gasteiger partial charge is 0.255 e. The summed E-state index contributed by atoms with van der Waals surface area (Å²) in [5.74, 6) is -0.131. The van der Waals surface area contributed by atoms with Gasteiger partial charge in [-0.05, 0) is 74.2 Å². The molecule has 3 saturated carbocycles. The molecule has 33 heavy (non-hydrogen) atoms. The van der Waals surface area contributed by atoms with Gasteiger partial charge in [0, 0.05) is 31.1 Å². The van der Waals surface area contributed by atoms with E-state index in [1.54, 1.807) is 11.0 Å². The minimum absolute atomic E-state index is 0.173. The van der Waals surface area contributed by atoms with Crippen LogP contribution in [0.4, 0.5) is 4.39 Å². The predicted molar refractivity (Wildman–Crippen MR) is 117 cm³/mol. The van der Waals surface area contributed by atoms with Crippen molar-refractivity contribution >= 4 is 17.7 Å². The van der Waals surface area contributed by atoms with Crippen LogP contribution in [0.2, 0.25) is 0 Å². The molecule has 5 fully saturated rings. The number of amides is 3. The summed E-state index contributed by atoms with van der Waals surface area (Å²) in [7, 11) is 0. The van der Waals surface area contributed by atoms with Gasteiger partial charge in [-0.25, -0.2) is 4.39 Å². The van der Waals surface area contributed by atoms with Crippen LogP contribution in [0, 0.1) is 5.41 Å². The van der Waals surface area contributed by atoms with Gasteiger partial charge in [0.2, 0.25) is 11.8 Å². The van der Waals surface area contributed by atoms with Crippen molar-refractivity contribution < 1.29 is 23.5 Å². The zero-order valence-corrected chi connectivity index (χ0v) is 18.8. The molecule has 2 saturated heterocycles. The molecule has 3 aliphatic heterocycles. The van der Waals surface area contributed by atoms with Crippen molar-refractivity contribution in [2.45, 2.75) is 75.7 Å². The van der Waals surface area contributed by atoms with Crippen LogP contribution in [-0.2, 0) is 16.1 Å². The Morgan fingerprint density at radius 3 is 2.70 bits per heavy atom. The first-order chi connectivity index (χ1) is 15.8. The summed E-state index contributed by atoms with van der Waals surface area (Å²) < 4.78 is 20.1. The van der Waals surface area contributed by atoms with Crippen molar-refractivity contribution in [2.75, 3.05) is 19.7 Å². The van der Waals surface area contributed by atoms with E-state index in [0.29, 0.717) is 31.2 Å². The predicted octanol–water partition coefficient (Wildman–Crippen LogP) is 2.57. The van der Waals surface area contributed by atoms with Crippen molar-refractivity contribution in [3.05, 3.63) is 29.3 Å². The zero-order chi connectivity index (χ0) is 22.8. The Morgan fingerprint density at radius 1 is 1.12 bits per heavy atom. The Hall–Kier alpha value is -2.48.